The van der Waals surface area contributed by atoms with Crippen LogP contribution in [0.2, 0.25) is 0 Å². The highest BCUT2D eigenvalue weighted by Crippen LogP contribution is 2.27. The molecule has 1 saturated carbocycles. The molecule has 0 atom stereocenters. The third-order valence-electron chi connectivity index (χ3n) is 1.72. The van der Waals surface area contributed by atoms with E-state index in [1.54, 1.807) is 0 Å². The largest absolute Gasteiger partial charge is 0.390 e. The Bertz CT molecular complexity index is 117. The van der Waals surface area contributed by atoms with E-state index < -0.39 is 12.6 Å². The minimum Gasteiger partial charge on any atom is -0.316 e. The lowest BCUT2D eigenvalue weighted by Crippen LogP contribution is -2.23. The molecule has 0 bridgehead atoms. The predicted octanol–water partition coefficient (Wildman–Crippen LogP) is 1.94. The van der Waals surface area contributed by atoms with Gasteiger partial charge in [-0.3, -0.25) is 0 Å². The fourth-order valence-corrected chi connectivity index (χ4v) is 0.858. The fourth-order valence-electron chi connectivity index (χ4n) is 0.858. The van der Waals surface area contributed by atoms with Crippen molar-refractivity contribution in [1.82, 2.24) is 5.32 Å². The molecule has 11 heavy (non-hydrogen) atoms. The summed E-state index contributed by atoms with van der Waals surface area (Å²) in [5.74, 6) is 0.656. The molecule has 0 aromatic heterocycles. The molecule has 1 nitrogen and oxygen atoms in total. The monoisotopic (exact) mass is 167 g/mol. The Kier molecular flexibility index (Phi) is 2.76. The zero-order chi connectivity index (χ0) is 8.32. The molecule has 0 unspecified atom stereocenters. The van der Waals surface area contributed by atoms with Crippen LogP contribution in [-0.4, -0.2) is 19.3 Å². The Morgan fingerprint density at radius 2 is 1.91 bits per heavy atom. The van der Waals surface area contributed by atoms with Crippen LogP contribution in [0.4, 0.5) is 13.2 Å². The summed E-state index contributed by atoms with van der Waals surface area (Å²) in [5, 5.41) is 2.78. The van der Waals surface area contributed by atoms with Gasteiger partial charge in [-0.2, -0.15) is 13.2 Å². The first-order chi connectivity index (χ1) is 5.08. The van der Waals surface area contributed by atoms with Gasteiger partial charge in [-0.25, -0.2) is 0 Å². The van der Waals surface area contributed by atoms with Gasteiger partial charge in [0.15, 0.2) is 0 Å². The van der Waals surface area contributed by atoms with Crippen molar-refractivity contribution in [3.05, 3.63) is 0 Å². The van der Waals surface area contributed by atoms with Crippen molar-refractivity contribution in [2.24, 2.45) is 5.92 Å². The third-order valence-corrected chi connectivity index (χ3v) is 1.72. The molecule has 0 heterocycles. The second kappa shape index (κ2) is 3.43. The normalized spacial score (nSPS) is 18.8. The number of rotatable bonds is 4. The molecule has 0 spiro atoms. The van der Waals surface area contributed by atoms with Gasteiger partial charge in [0.2, 0.25) is 0 Å². The molecule has 0 amide bonds. The number of hydrogen-bond acceptors (Lipinski definition) is 1. The van der Waals surface area contributed by atoms with Gasteiger partial charge in [-0.15, -0.1) is 0 Å². The van der Waals surface area contributed by atoms with E-state index >= 15 is 0 Å². The summed E-state index contributed by atoms with van der Waals surface area (Å²) in [6.45, 7) is 0.829. The lowest BCUT2D eigenvalue weighted by Gasteiger charge is -2.06. The highest BCUT2D eigenvalue weighted by Gasteiger charge is 2.26. The average Bonchev–Trinajstić information content (AvgIpc) is 2.60. The first-order valence-electron chi connectivity index (χ1n) is 3.85. The summed E-state index contributed by atoms with van der Waals surface area (Å²) in [6, 6.07) is 0. The van der Waals surface area contributed by atoms with Gasteiger partial charge in [0.1, 0.15) is 0 Å². The second-order valence-electron chi connectivity index (χ2n) is 3.01. The minimum absolute atomic E-state index is 0.0694. The molecule has 1 rings (SSSR count). The van der Waals surface area contributed by atoms with Crippen LogP contribution in [0.5, 0.6) is 0 Å². The molecule has 4 heteroatoms. The van der Waals surface area contributed by atoms with E-state index in [4.69, 9.17) is 0 Å². The van der Waals surface area contributed by atoms with Crippen molar-refractivity contribution in [3.63, 3.8) is 0 Å². The van der Waals surface area contributed by atoms with Gasteiger partial charge in [0.25, 0.3) is 0 Å². The highest BCUT2D eigenvalue weighted by atomic mass is 19.4. The van der Waals surface area contributed by atoms with Crippen LogP contribution in [0.3, 0.4) is 0 Å². The van der Waals surface area contributed by atoms with Crippen LogP contribution >= 0.6 is 0 Å². The summed E-state index contributed by atoms with van der Waals surface area (Å²) in [5.41, 5.74) is 0. The Balaban J connectivity index is 1.87. The van der Waals surface area contributed by atoms with Crippen molar-refractivity contribution in [2.75, 3.05) is 13.1 Å². The van der Waals surface area contributed by atoms with E-state index in [-0.39, 0.29) is 6.54 Å². The molecular formula is C7H12F3N. The Hall–Kier alpha value is -0.250. The molecule has 1 aliphatic carbocycles. The molecule has 0 aromatic carbocycles. The Labute approximate surface area is 64.0 Å². The molecule has 0 aliphatic heterocycles. The van der Waals surface area contributed by atoms with Crippen LogP contribution in [0.1, 0.15) is 19.3 Å². The quantitative estimate of drug-likeness (QED) is 0.631. The van der Waals surface area contributed by atoms with Crippen molar-refractivity contribution in [3.8, 4) is 0 Å². The van der Waals surface area contributed by atoms with E-state index in [0.717, 1.165) is 6.54 Å². The fraction of sp³-hybridized carbons (Fsp3) is 1.00. The number of alkyl halides is 3. The minimum atomic E-state index is -4.00. The summed E-state index contributed by atoms with van der Waals surface area (Å²) >= 11 is 0. The zero-order valence-electron chi connectivity index (χ0n) is 6.25. The molecule has 0 saturated heterocycles. The van der Waals surface area contributed by atoms with Crippen molar-refractivity contribution in [2.45, 2.75) is 25.4 Å². The average molecular weight is 167 g/mol. The van der Waals surface area contributed by atoms with Gasteiger partial charge in [-0.1, -0.05) is 0 Å². The lowest BCUT2D eigenvalue weighted by atomic mass is 10.4. The van der Waals surface area contributed by atoms with E-state index in [2.05, 4.69) is 5.32 Å². The van der Waals surface area contributed by atoms with E-state index in [1.807, 2.05) is 0 Å². The van der Waals surface area contributed by atoms with Gasteiger partial charge in [0, 0.05) is 6.54 Å². The predicted molar refractivity (Wildman–Crippen MR) is 36.3 cm³/mol. The maximum Gasteiger partial charge on any atom is 0.390 e. The van der Waals surface area contributed by atoms with E-state index in [9.17, 15) is 13.2 Å². The van der Waals surface area contributed by atoms with Gasteiger partial charge < -0.3 is 5.32 Å². The maximum atomic E-state index is 11.6. The smallest absolute Gasteiger partial charge is 0.316 e. The third kappa shape index (κ3) is 5.07. The van der Waals surface area contributed by atoms with Gasteiger partial charge in [0.05, 0.1) is 6.42 Å². The summed E-state index contributed by atoms with van der Waals surface area (Å²) in [7, 11) is 0. The highest BCUT2D eigenvalue weighted by molar-refractivity contribution is 4.75. The SMILES string of the molecule is FC(F)(F)CCNCC1CC1. The van der Waals surface area contributed by atoms with Crippen LogP contribution in [-0.2, 0) is 0 Å². The van der Waals surface area contributed by atoms with Crippen LogP contribution < -0.4 is 5.32 Å². The van der Waals surface area contributed by atoms with E-state index in [0.29, 0.717) is 5.92 Å². The lowest BCUT2D eigenvalue weighted by molar-refractivity contribution is -0.133. The molecule has 66 valence electrons. The van der Waals surface area contributed by atoms with Gasteiger partial charge in [-0.05, 0) is 25.3 Å². The summed E-state index contributed by atoms with van der Waals surface area (Å²) in [4.78, 5) is 0. The first kappa shape index (κ1) is 8.84. The van der Waals surface area contributed by atoms with Crippen molar-refractivity contribution < 1.29 is 13.2 Å². The number of nitrogens with one attached hydrogen (secondary N) is 1. The second-order valence-corrected chi connectivity index (χ2v) is 3.01. The number of hydrogen-bond donors (Lipinski definition) is 1. The van der Waals surface area contributed by atoms with Crippen molar-refractivity contribution in [1.29, 1.82) is 0 Å². The van der Waals surface area contributed by atoms with E-state index in [1.165, 1.54) is 12.8 Å². The Morgan fingerprint density at radius 1 is 1.27 bits per heavy atom. The number of halogens is 3. The summed E-state index contributed by atoms with van der Waals surface area (Å²) in [6.07, 6.45) is -2.35. The molecule has 0 aromatic rings. The van der Waals surface area contributed by atoms with Crippen LogP contribution in [0.25, 0.3) is 0 Å². The maximum absolute atomic E-state index is 11.6. The van der Waals surface area contributed by atoms with Crippen LogP contribution in [0, 0.1) is 5.92 Å². The Morgan fingerprint density at radius 3 is 2.36 bits per heavy atom. The standard InChI is InChI=1S/C7H12F3N/c8-7(9,10)3-4-11-5-6-1-2-6/h6,11H,1-5H2. The first-order valence-corrected chi connectivity index (χ1v) is 3.85. The summed E-state index contributed by atoms with van der Waals surface area (Å²) < 4.78 is 34.7. The molecule has 1 fully saturated rings. The van der Waals surface area contributed by atoms with Crippen molar-refractivity contribution >= 4 is 0 Å². The van der Waals surface area contributed by atoms with Crippen LogP contribution in [0.15, 0.2) is 0 Å². The van der Waals surface area contributed by atoms with Gasteiger partial charge >= 0.3 is 6.18 Å². The topological polar surface area (TPSA) is 12.0 Å². The molecule has 1 N–H and O–H groups in total. The molecule has 1 aliphatic rings. The molecule has 0 radical (unpaired) electrons. The molecular weight excluding hydrogens is 155 g/mol. The zero-order valence-corrected chi connectivity index (χ0v) is 6.25.